The third-order valence-electron chi connectivity index (χ3n) is 2.85. The van der Waals surface area contributed by atoms with Crippen LogP contribution in [0.25, 0.3) is 5.65 Å². The third kappa shape index (κ3) is 4.38. The zero-order valence-electron chi connectivity index (χ0n) is 11.1. The van der Waals surface area contributed by atoms with E-state index in [0.29, 0.717) is 11.6 Å². The summed E-state index contributed by atoms with van der Waals surface area (Å²) in [5.74, 6) is 1.50. The number of anilines is 1. The second-order valence-corrected chi connectivity index (χ2v) is 5.40. The Hall–Kier alpha value is -1.30. The van der Waals surface area contributed by atoms with E-state index in [-0.39, 0.29) is 5.82 Å². The summed E-state index contributed by atoms with van der Waals surface area (Å²) in [6.07, 6.45) is 8.35. The minimum atomic E-state index is -0.308. The van der Waals surface area contributed by atoms with Gasteiger partial charge in [-0.1, -0.05) is 12.8 Å². The third-order valence-corrected chi connectivity index (χ3v) is 3.55. The minimum Gasteiger partial charge on any atom is -0.353 e. The highest BCUT2D eigenvalue weighted by Gasteiger charge is 2.03. The van der Waals surface area contributed by atoms with Crippen molar-refractivity contribution in [1.82, 2.24) is 14.6 Å². The molecule has 0 atom stereocenters. The largest absolute Gasteiger partial charge is 0.353 e. The first-order valence-electron chi connectivity index (χ1n) is 6.54. The van der Waals surface area contributed by atoms with Crippen LogP contribution in [-0.2, 0) is 0 Å². The second-order valence-electron chi connectivity index (χ2n) is 4.42. The van der Waals surface area contributed by atoms with Gasteiger partial charge in [0, 0.05) is 6.54 Å². The fourth-order valence-electron chi connectivity index (χ4n) is 1.86. The van der Waals surface area contributed by atoms with Crippen molar-refractivity contribution in [3.05, 3.63) is 24.1 Å². The molecule has 2 aromatic heterocycles. The molecule has 1 N–H and O–H groups in total. The molecule has 104 valence electrons. The summed E-state index contributed by atoms with van der Waals surface area (Å²) in [5.41, 5.74) is 0.656. The number of unbranched alkanes of at least 4 members (excludes halogenated alkanes) is 3. The van der Waals surface area contributed by atoms with Crippen LogP contribution in [0.5, 0.6) is 0 Å². The minimum absolute atomic E-state index is 0.308. The van der Waals surface area contributed by atoms with Crippen molar-refractivity contribution in [3.63, 3.8) is 0 Å². The Balaban J connectivity index is 1.72. The molecule has 0 bridgehead atoms. The van der Waals surface area contributed by atoms with Gasteiger partial charge in [-0.25, -0.2) is 8.91 Å². The van der Waals surface area contributed by atoms with Gasteiger partial charge in [-0.05, 0) is 37.0 Å². The molecule has 2 heterocycles. The van der Waals surface area contributed by atoms with Gasteiger partial charge in [0.2, 0.25) is 5.95 Å². The second kappa shape index (κ2) is 7.33. The fourth-order valence-corrected chi connectivity index (χ4v) is 2.35. The van der Waals surface area contributed by atoms with Gasteiger partial charge in [0.15, 0.2) is 5.65 Å². The maximum atomic E-state index is 13.0. The molecular formula is C13H19FN4S. The molecule has 0 aliphatic heterocycles. The lowest BCUT2D eigenvalue weighted by molar-refractivity contribution is 0.614. The first-order valence-corrected chi connectivity index (χ1v) is 7.94. The molecule has 2 aromatic rings. The summed E-state index contributed by atoms with van der Waals surface area (Å²) in [5, 5.41) is 7.35. The number of thioether (sulfide) groups is 1. The molecule has 2 rings (SSSR count). The molecule has 0 aliphatic carbocycles. The Morgan fingerprint density at radius 3 is 2.95 bits per heavy atom. The normalized spacial score (nSPS) is 11.1. The molecule has 0 saturated carbocycles. The standard InChI is InChI=1S/C13H19FN4S/c1-19-9-5-3-2-4-8-15-13-16-12-7-6-11(14)10-18(12)17-13/h6-7,10H,2-5,8-9H2,1H3,(H,15,17). The highest BCUT2D eigenvalue weighted by atomic mass is 32.2. The number of aromatic nitrogens is 3. The van der Waals surface area contributed by atoms with Crippen LogP contribution in [0, 0.1) is 5.82 Å². The van der Waals surface area contributed by atoms with E-state index in [1.165, 1.54) is 41.8 Å². The summed E-state index contributed by atoms with van der Waals surface area (Å²) in [6, 6.07) is 3.01. The van der Waals surface area contributed by atoms with Crippen LogP contribution in [0.15, 0.2) is 18.3 Å². The van der Waals surface area contributed by atoms with Crippen LogP contribution in [0.2, 0.25) is 0 Å². The highest BCUT2D eigenvalue weighted by molar-refractivity contribution is 7.98. The van der Waals surface area contributed by atoms with Crippen molar-refractivity contribution in [2.45, 2.75) is 25.7 Å². The Morgan fingerprint density at radius 1 is 1.26 bits per heavy atom. The summed E-state index contributed by atoms with van der Waals surface area (Å²) in [4.78, 5) is 4.27. The molecule has 0 amide bonds. The van der Waals surface area contributed by atoms with E-state index in [1.807, 2.05) is 11.8 Å². The number of fused-ring (bicyclic) bond motifs is 1. The number of halogens is 1. The summed E-state index contributed by atoms with van der Waals surface area (Å²) in [7, 11) is 0. The van der Waals surface area contributed by atoms with Gasteiger partial charge >= 0.3 is 0 Å². The lowest BCUT2D eigenvalue weighted by Gasteiger charge is -2.01. The topological polar surface area (TPSA) is 42.2 Å². The molecule has 0 saturated heterocycles. The van der Waals surface area contributed by atoms with E-state index in [1.54, 1.807) is 6.07 Å². The molecule has 0 spiro atoms. The van der Waals surface area contributed by atoms with Gasteiger partial charge in [0.1, 0.15) is 5.82 Å². The number of rotatable bonds is 8. The molecule has 0 aliphatic rings. The SMILES string of the molecule is CSCCCCCCNc1nc2ccc(F)cn2n1. The van der Waals surface area contributed by atoms with E-state index in [9.17, 15) is 4.39 Å². The lowest BCUT2D eigenvalue weighted by atomic mass is 10.2. The fraction of sp³-hybridized carbons (Fsp3) is 0.538. The Morgan fingerprint density at radius 2 is 2.11 bits per heavy atom. The highest BCUT2D eigenvalue weighted by Crippen LogP contribution is 2.08. The number of nitrogens with zero attached hydrogens (tertiary/aromatic N) is 3. The summed E-state index contributed by atoms with van der Waals surface area (Å²) in [6.45, 7) is 0.860. The predicted octanol–water partition coefficient (Wildman–Crippen LogP) is 3.20. The van der Waals surface area contributed by atoms with Crippen LogP contribution in [-0.4, -0.2) is 33.2 Å². The Labute approximate surface area is 116 Å². The first-order chi connectivity index (χ1) is 9.29. The van der Waals surface area contributed by atoms with Crippen LogP contribution in [0.3, 0.4) is 0 Å². The van der Waals surface area contributed by atoms with Crippen molar-refractivity contribution in [2.75, 3.05) is 23.9 Å². The van der Waals surface area contributed by atoms with Gasteiger partial charge in [0.25, 0.3) is 0 Å². The molecule has 0 unspecified atom stereocenters. The van der Waals surface area contributed by atoms with Crippen LogP contribution in [0.4, 0.5) is 10.3 Å². The lowest BCUT2D eigenvalue weighted by Crippen LogP contribution is -2.03. The van der Waals surface area contributed by atoms with Crippen molar-refractivity contribution in [3.8, 4) is 0 Å². The van der Waals surface area contributed by atoms with Crippen LogP contribution in [0.1, 0.15) is 25.7 Å². The van der Waals surface area contributed by atoms with Gasteiger partial charge in [-0.15, -0.1) is 5.10 Å². The average molecular weight is 282 g/mol. The quantitative estimate of drug-likeness (QED) is 0.755. The zero-order chi connectivity index (χ0) is 13.5. The predicted molar refractivity (Wildman–Crippen MR) is 78.3 cm³/mol. The molecule has 0 fully saturated rings. The number of pyridine rings is 1. The smallest absolute Gasteiger partial charge is 0.243 e. The van der Waals surface area contributed by atoms with E-state index in [4.69, 9.17) is 0 Å². The van der Waals surface area contributed by atoms with E-state index < -0.39 is 0 Å². The van der Waals surface area contributed by atoms with Crippen LogP contribution < -0.4 is 5.32 Å². The maximum Gasteiger partial charge on any atom is 0.243 e. The van der Waals surface area contributed by atoms with Gasteiger partial charge in [-0.3, -0.25) is 0 Å². The van der Waals surface area contributed by atoms with Crippen molar-refractivity contribution < 1.29 is 4.39 Å². The van der Waals surface area contributed by atoms with E-state index in [0.717, 1.165) is 13.0 Å². The van der Waals surface area contributed by atoms with Gasteiger partial charge in [0.05, 0.1) is 6.20 Å². The van der Waals surface area contributed by atoms with Crippen molar-refractivity contribution >= 4 is 23.4 Å². The average Bonchev–Trinajstić information content (AvgIpc) is 2.79. The van der Waals surface area contributed by atoms with Crippen molar-refractivity contribution in [1.29, 1.82) is 0 Å². The molecule has 4 nitrogen and oxygen atoms in total. The molecule has 6 heteroatoms. The van der Waals surface area contributed by atoms with Crippen molar-refractivity contribution in [2.24, 2.45) is 0 Å². The van der Waals surface area contributed by atoms with Gasteiger partial charge in [-0.2, -0.15) is 16.7 Å². The van der Waals surface area contributed by atoms with E-state index >= 15 is 0 Å². The molecule has 0 radical (unpaired) electrons. The molecule has 0 aromatic carbocycles. The maximum absolute atomic E-state index is 13.0. The summed E-state index contributed by atoms with van der Waals surface area (Å²) >= 11 is 1.90. The molecular weight excluding hydrogens is 263 g/mol. The van der Waals surface area contributed by atoms with Gasteiger partial charge < -0.3 is 5.32 Å². The number of nitrogens with one attached hydrogen (secondary N) is 1. The number of hydrogen-bond donors (Lipinski definition) is 1. The Bertz CT molecular complexity index is 514. The first kappa shape index (κ1) is 14.1. The Kier molecular flexibility index (Phi) is 5.44. The van der Waals surface area contributed by atoms with Crippen LogP contribution >= 0.6 is 11.8 Å². The molecule has 19 heavy (non-hydrogen) atoms. The zero-order valence-corrected chi connectivity index (χ0v) is 11.9. The monoisotopic (exact) mass is 282 g/mol. The number of hydrogen-bond acceptors (Lipinski definition) is 4. The summed E-state index contributed by atoms with van der Waals surface area (Å²) < 4.78 is 14.4. The van der Waals surface area contributed by atoms with E-state index in [2.05, 4.69) is 21.7 Å².